The number of benzene rings is 1. The van der Waals surface area contributed by atoms with Crippen LogP contribution in [0.2, 0.25) is 0 Å². The predicted molar refractivity (Wildman–Crippen MR) is 60.8 cm³/mol. The van der Waals surface area contributed by atoms with Gasteiger partial charge < -0.3 is 0 Å². The lowest BCUT2D eigenvalue weighted by Gasteiger charge is -2.20. The number of hydrogen-bond acceptors (Lipinski definition) is 3. The number of rotatable bonds is 0. The maximum Gasteiger partial charge on any atom is 0.165 e. The molecule has 1 aromatic carbocycles. The molecule has 0 amide bonds. The van der Waals surface area contributed by atoms with Crippen LogP contribution in [0.5, 0.6) is 0 Å². The third kappa shape index (κ3) is 1.50. The summed E-state index contributed by atoms with van der Waals surface area (Å²) in [5, 5.41) is 0. The van der Waals surface area contributed by atoms with Gasteiger partial charge in [-0.05, 0) is 12.3 Å². The Morgan fingerprint density at radius 1 is 1.00 bits per heavy atom. The number of halogens is 2. The summed E-state index contributed by atoms with van der Waals surface area (Å²) < 4.78 is 35.7. The maximum absolute atomic E-state index is 13.9. The van der Waals surface area contributed by atoms with Crippen molar-refractivity contribution in [2.45, 2.75) is 33.1 Å². The van der Waals surface area contributed by atoms with E-state index in [-0.39, 0.29) is 5.56 Å². The minimum atomic E-state index is -0.815. The van der Waals surface area contributed by atoms with Crippen LogP contribution >= 0.6 is 11.7 Å². The van der Waals surface area contributed by atoms with E-state index in [1.807, 2.05) is 20.8 Å². The van der Waals surface area contributed by atoms with Crippen LogP contribution in [0.3, 0.4) is 0 Å². The van der Waals surface area contributed by atoms with Gasteiger partial charge in [0.15, 0.2) is 11.6 Å². The highest BCUT2D eigenvalue weighted by Gasteiger charge is 2.28. The van der Waals surface area contributed by atoms with Crippen molar-refractivity contribution in [2.24, 2.45) is 0 Å². The van der Waals surface area contributed by atoms with Crippen LogP contribution in [0.4, 0.5) is 8.78 Å². The molecule has 2 rings (SSSR count). The molecule has 0 N–H and O–H groups in total. The molecule has 1 heterocycles. The Balaban J connectivity index is 2.97. The number of fused-ring (bicyclic) bond motifs is 1. The first kappa shape index (κ1) is 11.4. The smallest absolute Gasteiger partial charge is 0.165 e. The van der Waals surface area contributed by atoms with Crippen molar-refractivity contribution in [2.75, 3.05) is 0 Å². The van der Waals surface area contributed by atoms with Gasteiger partial charge in [0.2, 0.25) is 0 Å². The average molecular weight is 242 g/mol. The second-order valence-electron chi connectivity index (χ2n) is 4.84. The van der Waals surface area contributed by atoms with E-state index in [0.29, 0.717) is 16.6 Å². The van der Waals surface area contributed by atoms with Gasteiger partial charge in [0, 0.05) is 11.1 Å². The summed E-state index contributed by atoms with van der Waals surface area (Å²) in [6.07, 6.45) is 0. The first-order valence-corrected chi connectivity index (χ1v) is 5.67. The van der Waals surface area contributed by atoms with Gasteiger partial charge in [0.25, 0.3) is 0 Å². The van der Waals surface area contributed by atoms with Crippen LogP contribution < -0.4 is 0 Å². The molecule has 0 saturated heterocycles. The molecular weight excluding hydrogens is 230 g/mol. The molecule has 0 spiro atoms. The fourth-order valence-electron chi connectivity index (χ4n) is 1.77. The molecule has 0 bridgehead atoms. The quantitative estimate of drug-likeness (QED) is 0.705. The van der Waals surface area contributed by atoms with Crippen molar-refractivity contribution in [3.05, 3.63) is 22.8 Å². The van der Waals surface area contributed by atoms with Crippen LogP contribution in [-0.2, 0) is 5.41 Å². The van der Waals surface area contributed by atoms with Crippen molar-refractivity contribution >= 4 is 22.8 Å². The largest absolute Gasteiger partial charge is 0.203 e. The summed E-state index contributed by atoms with van der Waals surface area (Å²) in [6, 6.07) is 0. The lowest BCUT2D eigenvalue weighted by atomic mass is 9.85. The van der Waals surface area contributed by atoms with Crippen molar-refractivity contribution in [3.63, 3.8) is 0 Å². The monoisotopic (exact) mass is 242 g/mol. The minimum absolute atomic E-state index is 0.231. The molecule has 0 aliphatic carbocycles. The zero-order valence-corrected chi connectivity index (χ0v) is 10.4. The normalized spacial score (nSPS) is 12.4. The van der Waals surface area contributed by atoms with E-state index in [1.165, 1.54) is 6.92 Å². The van der Waals surface area contributed by atoms with E-state index in [9.17, 15) is 8.78 Å². The molecule has 0 fully saturated rings. The van der Waals surface area contributed by atoms with E-state index in [4.69, 9.17) is 0 Å². The third-order valence-corrected chi connectivity index (χ3v) is 3.10. The number of aryl methyl sites for hydroxylation is 1. The highest BCUT2D eigenvalue weighted by atomic mass is 32.1. The van der Waals surface area contributed by atoms with E-state index in [2.05, 4.69) is 8.75 Å². The van der Waals surface area contributed by atoms with E-state index in [0.717, 1.165) is 11.7 Å². The topological polar surface area (TPSA) is 25.8 Å². The van der Waals surface area contributed by atoms with Gasteiger partial charge in [0.1, 0.15) is 11.0 Å². The van der Waals surface area contributed by atoms with Crippen molar-refractivity contribution in [1.82, 2.24) is 8.75 Å². The molecule has 2 nitrogen and oxygen atoms in total. The standard InChI is InChI=1S/C11H12F2N2S/c1-5-7(12)8(13)6(11(2,3)4)10-9(5)14-16-15-10/h1-4H3. The Bertz CT molecular complexity index is 555. The Labute approximate surface area is 96.6 Å². The number of aromatic nitrogens is 2. The van der Waals surface area contributed by atoms with Crippen molar-refractivity contribution in [3.8, 4) is 0 Å². The summed E-state index contributed by atoms with van der Waals surface area (Å²) in [5.41, 5.74) is 0.989. The van der Waals surface area contributed by atoms with Crippen molar-refractivity contribution < 1.29 is 8.78 Å². The van der Waals surface area contributed by atoms with Gasteiger partial charge in [0.05, 0.1) is 11.7 Å². The van der Waals surface area contributed by atoms with Crippen LogP contribution in [-0.4, -0.2) is 8.75 Å². The molecule has 0 atom stereocenters. The summed E-state index contributed by atoms with van der Waals surface area (Å²) in [7, 11) is 0. The van der Waals surface area contributed by atoms with Crippen LogP contribution in [0, 0.1) is 18.6 Å². The Morgan fingerprint density at radius 2 is 1.56 bits per heavy atom. The highest BCUT2D eigenvalue weighted by Crippen LogP contribution is 2.34. The zero-order valence-electron chi connectivity index (χ0n) is 9.56. The fourth-order valence-corrected chi connectivity index (χ4v) is 2.37. The summed E-state index contributed by atoms with van der Waals surface area (Å²) >= 11 is 0.981. The SMILES string of the molecule is Cc1c(F)c(F)c(C(C)(C)C)c2nsnc12. The first-order chi connectivity index (χ1) is 7.34. The first-order valence-electron chi connectivity index (χ1n) is 4.94. The molecule has 0 saturated carbocycles. The summed E-state index contributed by atoms with van der Waals surface area (Å²) in [6.45, 7) is 7.02. The van der Waals surface area contributed by atoms with Gasteiger partial charge >= 0.3 is 0 Å². The molecule has 0 aliphatic rings. The minimum Gasteiger partial charge on any atom is -0.203 e. The Kier molecular flexibility index (Phi) is 2.45. The molecular formula is C11H12F2N2S. The lowest BCUT2D eigenvalue weighted by molar-refractivity contribution is 0.465. The second-order valence-corrected chi connectivity index (χ2v) is 5.37. The average Bonchev–Trinajstić information content (AvgIpc) is 2.61. The van der Waals surface area contributed by atoms with Gasteiger partial charge in [-0.1, -0.05) is 20.8 Å². The van der Waals surface area contributed by atoms with Gasteiger partial charge in [-0.2, -0.15) is 8.75 Å². The molecule has 86 valence electrons. The molecule has 5 heteroatoms. The van der Waals surface area contributed by atoms with E-state index in [1.54, 1.807) is 0 Å². The number of hydrogen-bond donors (Lipinski definition) is 0. The molecule has 2 aromatic rings. The lowest BCUT2D eigenvalue weighted by Crippen LogP contribution is -2.16. The second kappa shape index (κ2) is 3.45. The molecule has 0 radical (unpaired) electrons. The van der Waals surface area contributed by atoms with Gasteiger partial charge in [-0.3, -0.25) is 0 Å². The zero-order chi connectivity index (χ0) is 12.1. The predicted octanol–water partition coefficient (Wildman–Crippen LogP) is 3.58. The highest BCUT2D eigenvalue weighted by molar-refractivity contribution is 7.00. The van der Waals surface area contributed by atoms with Crippen LogP contribution in [0.25, 0.3) is 11.0 Å². The summed E-state index contributed by atoms with van der Waals surface area (Å²) in [5.74, 6) is -1.62. The maximum atomic E-state index is 13.9. The molecule has 0 unspecified atom stereocenters. The number of nitrogens with zero attached hydrogens (tertiary/aromatic N) is 2. The van der Waals surface area contributed by atoms with Crippen LogP contribution in [0.15, 0.2) is 0 Å². The third-order valence-electron chi connectivity index (χ3n) is 2.57. The Hall–Kier alpha value is -1.10. The summed E-state index contributed by atoms with van der Waals surface area (Å²) in [4.78, 5) is 0. The molecule has 0 aliphatic heterocycles. The Morgan fingerprint density at radius 3 is 2.12 bits per heavy atom. The van der Waals surface area contributed by atoms with Gasteiger partial charge in [-0.25, -0.2) is 8.78 Å². The fraction of sp³-hybridized carbons (Fsp3) is 0.455. The van der Waals surface area contributed by atoms with E-state index >= 15 is 0 Å². The molecule has 1 aromatic heterocycles. The van der Waals surface area contributed by atoms with E-state index < -0.39 is 17.0 Å². The van der Waals surface area contributed by atoms with Gasteiger partial charge in [-0.15, -0.1) is 0 Å². The molecule has 16 heavy (non-hydrogen) atoms. The van der Waals surface area contributed by atoms with Crippen LogP contribution in [0.1, 0.15) is 31.9 Å². The van der Waals surface area contributed by atoms with Crippen molar-refractivity contribution in [1.29, 1.82) is 0 Å².